The summed E-state index contributed by atoms with van der Waals surface area (Å²) < 4.78 is 1.83. The number of halogens is 1. The fourth-order valence-electron chi connectivity index (χ4n) is 1.70. The van der Waals surface area contributed by atoms with Gasteiger partial charge in [-0.1, -0.05) is 17.7 Å². The molecule has 0 radical (unpaired) electrons. The molecule has 1 aromatic carbocycles. The van der Waals surface area contributed by atoms with E-state index in [4.69, 9.17) is 11.6 Å². The van der Waals surface area contributed by atoms with E-state index in [1.54, 1.807) is 18.6 Å². The van der Waals surface area contributed by atoms with Gasteiger partial charge in [-0.2, -0.15) is 5.10 Å². The zero-order valence-electron chi connectivity index (χ0n) is 8.34. The third-order valence-electron chi connectivity index (χ3n) is 2.45. The highest BCUT2D eigenvalue weighted by molar-refractivity contribution is 6.35. The van der Waals surface area contributed by atoms with Crippen molar-refractivity contribution in [3.05, 3.63) is 53.9 Å². The van der Waals surface area contributed by atoms with Crippen molar-refractivity contribution in [2.45, 2.75) is 0 Å². The highest BCUT2D eigenvalue weighted by Gasteiger charge is 2.06. The maximum atomic E-state index is 6.09. The molecule has 78 valence electrons. The lowest BCUT2D eigenvalue weighted by Gasteiger charge is -2.02. The number of rotatable bonds is 1. The van der Waals surface area contributed by atoms with Crippen molar-refractivity contribution in [2.24, 2.45) is 0 Å². The van der Waals surface area contributed by atoms with Crippen LogP contribution in [0, 0.1) is 0 Å². The number of aromatic nitrogens is 3. The van der Waals surface area contributed by atoms with Gasteiger partial charge in [-0.3, -0.25) is 4.98 Å². The zero-order valence-corrected chi connectivity index (χ0v) is 9.09. The van der Waals surface area contributed by atoms with Crippen LogP contribution in [0.25, 0.3) is 16.6 Å². The number of nitrogens with zero attached hydrogens (tertiary/aromatic N) is 3. The lowest BCUT2D eigenvalue weighted by molar-refractivity contribution is 0.903. The first kappa shape index (κ1) is 9.36. The second-order valence-corrected chi connectivity index (χ2v) is 3.85. The van der Waals surface area contributed by atoms with E-state index >= 15 is 0 Å². The molecule has 3 aromatic rings. The monoisotopic (exact) mass is 229 g/mol. The van der Waals surface area contributed by atoms with Crippen LogP contribution in [0.4, 0.5) is 0 Å². The molecule has 4 heteroatoms. The normalized spacial score (nSPS) is 10.8. The molecular weight excluding hydrogens is 222 g/mol. The van der Waals surface area contributed by atoms with E-state index in [9.17, 15) is 0 Å². The first-order valence-electron chi connectivity index (χ1n) is 4.89. The van der Waals surface area contributed by atoms with Gasteiger partial charge in [0.25, 0.3) is 0 Å². The average molecular weight is 230 g/mol. The predicted molar refractivity (Wildman–Crippen MR) is 63.9 cm³/mol. The van der Waals surface area contributed by atoms with Crippen LogP contribution in [0.3, 0.4) is 0 Å². The van der Waals surface area contributed by atoms with Crippen LogP contribution < -0.4 is 0 Å². The van der Waals surface area contributed by atoms with Crippen molar-refractivity contribution in [3.8, 4) is 5.69 Å². The molecule has 0 aliphatic heterocycles. The second kappa shape index (κ2) is 3.61. The van der Waals surface area contributed by atoms with E-state index in [0.29, 0.717) is 5.02 Å². The summed E-state index contributed by atoms with van der Waals surface area (Å²) in [6.07, 6.45) is 5.28. The van der Waals surface area contributed by atoms with E-state index in [-0.39, 0.29) is 0 Å². The second-order valence-electron chi connectivity index (χ2n) is 3.44. The first-order valence-corrected chi connectivity index (χ1v) is 5.27. The Bertz CT molecular complexity index is 631. The molecule has 0 saturated heterocycles. The Morgan fingerprint density at radius 1 is 1.06 bits per heavy atom. The molecule has 0 amide bonds. The maximum Gasteiger partial charge on any atom is 0.0836 e. The number of pyridine rings is 1. The number of benzene rings is 1. The van der Waals surface area contributed by atoms with Crippen LogP contribution in [0.1, 0.15) is 0 Å². The fraction of sp³-hybridized carbons (Fsp3) is 0. The van der Waals surface area contributed by atoms with Crippen LogP contribution in [0.5, 0.6) is 0 Å². The van der Waals surface area contributed by atoms with Gasteiger partial charge in [0, 0.05) is 11.6 Å². The van der Waals surface area contributed by atoms with Gasteiger partial charge in [0.15, 0.2) is 0 Å². The van der Waals surface area contributed by atoms with E-state index in [1.807, 2.05) is 35.0 Å². The van der Waals surface area contributed by atoms with Crippen LogP contribution in [0.2, 0.25) is 5.02 Å². The average Bonchev–Trinajstić information content (AvgIpc) is 2.75. The van der Waals surface area contributed by atoms with E-state index in [1.165, 1.54) is 0 Å². The van der Waals surface area contributed by atoms with Crippen LogP contribution in [-0.2, 0) is 0 Å². The lowest BCUT2D eigenvalue weighted by atomic mass is 10.2. The third kappa shape index (κ3) is 1.37. The smallest absolute Gasteiger partial charge is 0.0836 e. The zero-order chi connectivity index (χ0) is 11.0. The van der Waals surface area contributed by atoms with Gasteiger partial charge >= 0.3 is 0 Å². The van der Waals surface area contributed by atoms with E-state index in [2.05, 4.69) is 10.1 Å². The van der Waals surface area contributed by atoms with E-state index < -0.39 is 0 Å². The molecule has 16 heavy (non-hydrogen) atoms. The summed E-state index contributed by atoms with van der Waals surface area (Å²) in [7, 11) is 0. The minimum absolute atomic E-state index is 0.715. The Morgan fingerprint density at radius 2 is 2.00 bits per heavy atom. The van der Waals surface area contributed by atoms with Crippen LogP contribution >= 0.6 is 11.6 Å². The minimum atomic E-state index is 0.715. The van der Waals surface area contributed by atoms with Gasteiger partial charge in [0.05, 0.1) is 28.6 Å². The molecule has 2 heterocycles. The van der Waals surface area contributed by atoms with Crippen LogP contribution in [-0.4, -0.2) is 14.8 Å². The molecule has 0 saturated carbocycles. The number of fused-ring (bicyclic) bond motifs is 1. The van der Waals surface area contributed by atoms with Gasteiger partial charge in [0.1, 0.15) is 0 Å². The molecule has 0 spiro atoms. The molecule has 0 aliphatic rings. The summed E-state index contributed by atoms with van der Waals surface area (Å²) in [6.45, 7) is 0. The molecule has 2 aromatic heterocycles. The summed E-state index contributed by atoms with van der Waals surface area (Å²) in [4.78, 5) is 4.08. The quantitative estimate of drug-likeness (QED) is 0.642. The van der Waals surface area contributed by atoms with Gasteiger partial charge in [-0.15, -0.1) is 0 Å². The largest absolute Gasteiger partial charge is 0.262 e. The SMILES string of the molecule is Clc1cccc2c1cnn2-c1cccnc1. The Hall–Kier alpha value is -1.87. The predicted octanol–water partition coefficient (Wildman–Crippen LogP) is 3.07. The molecular formula is C12H8ClN3. The summed E-state index contributed by atoms with van der Waals surface area (Å²) >= 11 is 6.09. The number of hydrogen-bond donors (Lipinski definition) is 0. The van der Waals surface area contributed by atoms with Crippen molar-refractivity contribution >= 4 is 22.5 Å². The van der Waals surface area contributed by atoms with Gasteiger partial charge in [-0.25, -0.2) is 4.68 Å². The molecule has 0 atom stereocenters. The Balaban J connectivity index is 2.30. The Kier molecular flexibility index (Phi) is 2.11. The van der Waals surface area contributed by atoms with Gasteiger partial charge in [-0.05, 0) is 24.3 Å². The Morgan fingerprint density at radius 3 is 2.81 bits per heavy atom. The van der Waals surface area contributed by atoms with Gasteiger partial charge < -0.3 is 0 Å². The standard InChI is InChI=1S/C12H8ClN3/c13-11-4-1-5-12-10(11)8-15-16(12)9-3-2-6-14-7-9/h1-8H. The van der Waals surface area contributed by atoms with Crippen molar-refractivity contribution in [1.82, 2.24) is 14.8 Å². The molecule has 0 N–H and O–H groups in total. The summed E-state index contributed by atoms with van der Waals surface area (Å²) in [6, 6.07) is 9.60. The molecule has 0 aliphatic carbocycles. The summed E-state index contributed by atoms with van der Waals surface area (Å²) in [5.41, 5.74) is 1.92. The van der Waals surface area contributed by atoms with Crippen molar-refractivity contribution in [1.29, 1.82) is 0 Å². The highest BCUT2D eigenvalue weighted by atomic mass is 35.5. The summed E-state index contributed by atoms with van der Waals surface area (Å²) in [5, 5.41) is 5.99. The molecule has 0 fully saturated rings. The molecule has 0 unspecified atom stereocenters. The highest BCUT2D eigenvalue weighted by Crippen LogP contribution is 2.24. The topological polar surface area (TPSA) is 30.7 Å². The molecule has 3 rings (SSSR count). The molecule has 3 nitrogen and oxygen atoms in total. The van der Waals surface area contributed by atoms with Crippen molar-refractivity contribution in [3.63, 3.8) is 0 Å². The van der Waals surface area contributed by atoms with Gasteiger partial charge in [0.2, 0.25) is 0 Å². The summed E-state index contributed by atoms with van der Waals surface area (Å²) in [5.74, 6) is 0. The number of hydrogen-bond acceptors (Lipinski definition) is 2. The minimum Gasteiger partial charge on any atom is -0.262 e. The molecule has 0 bridgehead atoms. The third-order valence-corrected chi connectivity index (χ3v) is 2.78. The first-order chi connectivity index (χ1) is 7.86. The van der Waals surface area contributed by atoms with Crippen molar-refractivity contribution in [2.75, 3.05) is 0 Å². The van der Waals surface area contributed by atoms with E-state index in [0.717, 1.165) is 16.6 Å². The fourth-order valence-corrected chi connectivity index (χ4v) is 1.92. The lowest BCUT2D eigenvalue weighted by Crippen LogP contribution is -1.95. The van der Waals surface area contributed by atoms with Crippen LogP contribution in [0.15, 0.2) is 48.9 Å². The van der Waals surface area contributed by atoms with Crippen molar-refractivity contribution < 1.29 is 0 Å². The Labute approximate surface area is 97.3 Å². The maximum absolute atomic E-state index is 6.09.